The minimum Gasteiger partial charge on any atom is -0.492 e. The summed E-state index contributed by atoms with van der Waals surface area (Å²) >= 11 is 0. The van der Waals surface area contributed by atoms with E-state index in [1.165, 1.54) is 25.9 Å². The van der Waals surface area contributed by atoms with E-state index in [9.17, 15) is 4.79 Å². The zero-order chi connectivity index (χ0) is 22.2. The fourth-order valence-corrected chi connectivity index (χ4v) is 3.74. The van der Waals surface area contributed by atoms with Gasteiger partial charge in [-0.05, 0) is 73.7 Å². The van der Waals surface area contributed by atoms with E-state index in [1.807, 2.05) is 48.5 Å². The highest BCUT2D eigenvalue weighted by Gasteiger charge is 2.15. The molecule has 4 nitrogen and oxygen atoms in total. The molecule has 4 heteroatoms. The molecule has 1 aromatic heterocycles. The summed E-state index contributed by atoms with van der Waals surface area (Å²) in [5.74, 6) is 8.01. The van der Waals surface area contributed by atoms with Crippen molar-refractivity contribution in [3.05, 3.63) is 83.7 Å². The number of hydrogen-bond donors (Lipinski definition) is 0. The quantitative estimate of drug-likeness (QED) is 0.409. The number of aldehydes is 1. The molecule has 0 amide bonds. The molecule has 0 saturated carbocycles. The number of piperidine rings is 1. The van der Waals surface area contributed by atoms with Gasteiger partial charge in [0, 0.05) is 29.4 Å². The normalized spacial score (nSPS) is 14.4. The Morgan fingerprint density at radius 1 is 0.969 bits per heavy atom. The lowest BCUT2D eigenvalue weighted by atomic mass is 9.99. The van der Waals surface area contributed by atoms with Gasteiger partial charge < -0.3 is 4.74 Å². The number of ether oxygens (including phenoxy) is 1. The molecule has 0 radical (unpaired) electrons. The lowest BCUT2D eigenvalue weighted by Crippen LogP contribution is -2.35. The predicted molar refractivity (Wildman–Crippen MR) is 128 cm³/mol. The number of carbonyl (C=O) groups is 1. The summed E-state index contributed by atoms with van der Waals surface area (Å²) in [5.41, 5.74) is 4.33. The van der Waals surface area contributed by atoms with Crippen molar-refractivity contribution in [3.63, 3.8) is 0 Å². The SMILES string of the molecule is CC1CCN(CCOc2ccc(C#Cc3ccc(-c4ccc(C=O)cc4)cn3)cc2)CC1. The Labute approximate surface area is 190 Å². The van der Waals surface area contributed by atoms with E-state index in [0.29, 0.717) is 12.2 Å². The highest BCUT2D eigenvalue weighted by atomic mass is 16.5. The van der Waals surface area contributed by atoms with Crippen LogP contribution in [0.25, 0.3) is 11.1 Å². The number of likely N-dealkylation sites (tertiary alicyclic amines) is 1. The van der Waals surface area contributed by atoms with Gasteiger partial charge in [0.1, 0.15) is 24.3 Å². The number of nitrogens with zero attached hydrogens (tertiary/aromatic N) is 2. The molecule has 32 heavy (non-hydrogen) atoms. The first-order valence-electron chi connectivity index (χ1n) is 11.2. The Morgan fingerprint density at radius 2 is 1.69 bits per heavy atom. The molecule has 1 saturated heterocycles. The van der Waals surface area contributed by atoms with Crippen molar-refractivity contribution in [2.45, 2.75) is 19.8 Å². The third-order valence-corrected chi connectivity index (χ3v) is 5.89. The minimum absolute atomic E-state index is 0.664. The predicted octanol–water partition coefficient (Wildman–Crippen LogP) is 5.07. The summed E-state index contributed by atoms with van der Waals surface area (Å²) < 4.78 is 5.90. The second-order valence-corrected chi connectivity index (χ2v) is 8.32. The summed E-state index contributed by atoms with van der Waals surface area (Å²) in [5, 5.41) is 0. The van der Waals surface area contributed by atoms with Gasteiger partial charge in [-0.1, -0.05) is 43.2 Å². The van der Waals surface area contributed by atoms with Crippen LogP contribution in [0.1, 0.15) is 41.4 Å². The van der Waals surface area contributed by atoms with Crippen LogP contribution < -0.4 is 4.74 Å². The van der Waals surface area contributed by atoms with Crippen LogP contribution in [0.4, 0.5) is 0 Å². The number of carbonyl (C=O) groups excluding carboxylic acids is 1. The van der Waals surface area contributed by atoms with Gasteiger partial charge in [-0.2, -0.15) is 0 Å². The van der Waals surface area contributed by atoms with E-state index in [1.54, 1.807) is 18.3 Å². The first-order valence-corrected chi connectivity index (χ1v) is 11.2. The first kappa shape index (κ1) is 21.8. The van der Waals surface area contributed by atoms with Crippen molar-refractivity contribution < 1.29 is 9.53 Å². The number of hydrogen-bond acceptors (Lipinski definition) is 4. The molecule has 1 aliphatic rings. The number of benzene rings is 2. The van der Waals surface area contributed by atoms with E-state index in [0.717, 1.165) is 46.9 Å². The fraction of sp³-hybridized carbons (Fsp3) is 0.286. The maximum Gasteiger partial charge on any atom is 0.150 e. The summed E-state index contributed by atoms with van der Waals surface area (Å²) in [6, 6.07) is 19.3. The monoisotopic (exact) mass is 424 g/mol. The van der Waals surface area contributed by atoms with E-state index in [4.69, 9.17) is 4.74 Å². The minimum atomic E-state index is 0.664. The van der Waals surface area contributed by atoms with Crippen molar-refractivity contribution in [1.82, 2.24) is 9.88 Å². The van der Waals surface area contributed by atoms with Crippen molar-refractivity contribution in [2.24, 2.45) is 5.92 Å². The number of rotatable bonds is 6. The van der Waals surface area contributed by atoms with E-state index in [-0.39, 0.29) is 0 Å². The van der Waals surface area contributed by atoms with Gasteiger partial charge >= 0.3 is 0 Å². The summed E-state index contributed by atoms with van der Waals surface area (Å²) in [6.07, 6.45) is 5.23. The molecule has 1 fully saturated rings. The zero-order valence-electron chi connectivity index (χ0n) is 18.5. The van der Waals surface area contributed by atoms with E-state index >= 15 is 0 Å². The van der Waals surface area contributed by atoms with Gasteiger partial charge in [0.25, 0.3) is 0 Å². The second-order valence-electron chi connectivity index (χ2n) is 8.32. The van der Waals surface area contributed by atoms with Crippen LogP contribution in [0.2, 0.25) is 0 Å². The van der Waals surface area contributed by atoms with Gasteiger partial charge in [-0.3, -0.25) is 9.69 Å². The highest BCUT2D eigenvalue weighted by Crippen LogP contribution is 2.19. The molecular weight excluding hydrogens is 396 g/mol. The highest BCUT2D eigenvalue weighted by molar-refractivity contribution is 5.76. The van der Waals surface area contributed by atoms with Crippen LogP contribution in [-0.2, 0) is 0 Å². The summed E-state index contributed by atoms with van der Waals surface area (Å²) in [6.45, 7) is 6.39. The molecule has 1 aliphatic heterocycles. The topological polar surface area (TPSA) is 42.4 Å². The van der Waals surface area contributed by atoms with Crippen molar-refractivity contribution in [3.8, 4) is 28.7 Å². The average molecular weight is 425 g/mol. The molecule has 162 valence electrons. The molecule has 0 spiro atoms. The Balaban J connectivity index is 1.29. The third-order valence-electron chi connectivity index (χ3n) is 5.89. The largest absolute Gasteiger partial charge is 0.492 e. The second kappa shape index (κ2) is 10.7. The average Bonchev–Trinajstić information content (AvgIpc) is 2.85. The molecule has 0 atom stereocenters. The summed E-state index contributed by atoms with van der Waals surface area (Å²) in [4.78, 5) is 17.7. The molecule has 2 heterocycles. The van der Waals surface area contributed by atoms with Crippen LogP contribution in [-0.4, -0.2) is 42.4 Å². The first-order chi connectivity index (χ1) is 15.7. The molecular formula is C28H28N2O2. The maximum atomic E-state index is 10.8. The molecule has 0 unspecified atom stereocenters. The zero-order valence-corrected chi connectivity index (χ0v) is 18.5. The van der Waals surface area contributed by atoms with Crippen LogP contribution in [0.3, 0.4) is 0 Å². The van der Waals surface area contributed by atoms with Gasteiger partial charge in [0.2, 0.25) is 0 Å². The van der Waals surface area contributed by atoms with Gasteiger partial charge in [-0.15, -0.1) is 0 Å². The van der Waals surface area contributed by atoms with Crippen LogP contribution >= 0.6 is 0 Å². The van der Waals surface area contributed by atoms with Gasteiger partial charge in [0.05, 0.1) is 0 Å². The third kappa shape index (κ3) is 6.06. The molecule has 4 rings (SSSR count). The molecule has 0 aliphatic carbocycles. The number of pyridine rings is 1. The Morgan fingerprint density at radius 3 is 2.34 bits per heavy atom. The van der Waals surface area contributed by atoms with Crippen LogP contribution in [0.15, 0.2) is 66.9 Å². The molecule has 0 N–H and O–H groups in total. The lowest BCUT2D eigenvalue weighted by molar-refractivity contribution is 0.112. The molecule has 2 aromatic carbocycles. The Hall–Kier alpha value is -3.42. The standard InChI is InChI=1S/C28H28N2O2/c1-22-14-16-30(17-15-22)18-19-32-28-12-5-23(6-13-28)4-10-27-11-9-26(20-29-27)25-7-2-24(21-31)3-8-25/h2-3,5-9,11-13,20-22H,14-19H2,1H3. The Kier molecular flexibility index (Phi) is 7.32. The van der Waals surface area contributed by atoms with Gasteiger partial charge in [-0.25, -0.2) is 4.98 Å². The van der Waals surface area contributed by atoms with E-state index < -0.39 is 0 Å². The van der Waals surface area contributed by atoms with E-state index in [2.05, 4.69) is 28.6 Å². The van der Waals surface area contributed by atoms with Gasteiger partial charge in [0.15, 0.2) is 0 Å². The number of aromatic nitrogens is 1. The molecule has 3 aromatic rings. The molecule has 0 bridgehead atoms. The van der Waals surface area contributed by atoms with Crippen LogP contribution in [0, 0.1) is 17.8 Å². The fourth-order valence-electron chi connectivity index (χ4n) is 3.74. The van der Waals surface area contributed by atoms with Crippen molar-refractivity contribution >= 4 is 6.29 Å². The smallest absolute Gasteiger partial charge is 0.150 e. The van der Waals surface area contributed by atoms with Crippen LogP contribution in [0.5, 0.6) is 5.75 Å². The maximum absolute atomic E-state index is 10.8. The summed E-state index contributed by atoms with van der Waals surface area (Å²) in [7, 11) is 0. The lowest BCUT2D eigenvalue weighted by Gasteiger charge is -2.29. The Bertz CT molecular complexity index is 1070. The van der Waals surface area contributed by atoms with Crippen molar-refractivity contribution in [1.29, 1.82) is 0 Å². The van der Waals surface area contributed by atoms with Crippen molar-refractivity contribution in [2.75, 3.05) is 26.2 Å².